The summed E-state index contributed by atoms with van der Waals surface area (Å²) in [4.78, 5) is 0. The maximum absolute atomic E-state index is 7.44. The second kappa shape index (κ2) is 3.94. The van der Waals surface area contributed by atoms with Crippen LogP contribution < -0.4 is 9.47 Å². The van der Waals surface area contributed by atoms with Crippen molar-refractivity contribution >= 4 is 5.71 Å². The molecule has 3 nitrogen and oxygen atoms in total. The Morgan fingerprint density at radius 1 is 1.15 bits per heavy atom. The standard InChI is InChI=1S/C10H13NO2/c1-7(11)8-4-5-9(12-2)10(6-8)13-3/h4-6,11H,1-3H3. The SMILES string of the molecule is COc1ccc(C(C)=N)cc1OC. The number of rotatable bonds is 3. The number of hydrogen-bond acceptors (Lipinski definition) is 3. The first-order valence-corrected chi connectivity index (χ1v) is 3.96. The topological polar surface area (TPSA) is 42.3 Å². The fourth-order valence-electron chi connectivity index (χ4n) is 1.07. The summed E-state index contributed by atoms with van der Waals surface area (Å²) >= 11 is 0. The molecule has 0 saturated heterocycles. The lowest BCUT2D eigenvalue weighted by molar-refractivity contribution is 0.355. The lowest BCUT2D eigenvalue weighted by Crippen LogP contribution is -1.95. The molecule has 0 radical (unpaired) electrons. The van der Waals surface area contributed by atoms with Gasteiger partial charge in [0.15, 0.2) is 11.5 Å². The zero-order valence-corrected chi connectivity index (χ0v) is 8.05. The average Bonchev–Trinajstić information content (AvgIpc) is 2.16. The molecule has 0 aliphatic heterocycles. The van der Waals surface area contributed by atoms with Crippen molar-refractivity contribution in [3.8, 4) is 11.5 Å². The van der Waals surface area contributed by atoms with Gasteiger partial charge in [0.05, 0.1) is 14.2 Å². The van der Waals surface area contributed by atoms with Crippen molar-refractivity contribution in [1.82, 2.24) is 0 Å². The van der Waals surface area contributed by atoms with Crippen LogP contribution in [0.5, 0.6) is 11.5 Å². The molecular weight excluding hydrogens is 166 g/mol. The van der Waals surface area contributed by atoms with Gasteiger partial charge >= 0.3 is 0 Å². The quantitative estimate of drug-likeness (QED) is 0.722. The van der Waals surface area contributed by atoms with Crippen LogP contribution in [0.3, 0.4) is 0 Å². The summed E-state index contributed by atoms with van der Waals surface area (Å²) in [6.07, 6.45) is 0. The summed E-state index contributed by atoms with van der Waals surface area (Å²) < 4.78 is 10.2. The van der Waals surface area contributed by atoms with Crippen LogP contribution in [0.15, 0.2) is 18.2 Å². The number of benzene rings is 1. The van der Waals surface area contributed by atoms with Gasteiger partial charge in [0.1, 0.15) is 0 Å². The third kappa shape index (κ3) is 1.99. The minimum Gasteiger partial charge on any atom is -0.493 e. The highest BCUT2D eigenvalue weighted by Gasteiger charge is 2.04. The van der Waals surface area contributed by atoms with Crippen LogP contribution in [0.1, 0.15) is 12.5 Å². The summed E-state index contributed by atoms with van der Waals surface area (Å²) in [6, 6.07) is 5.43. The van der Waals surface area contributed by atoms with E-state index in [1.807, 2.05) is 6.07 Å². The summed E-state index contributed by atoms with van der Waals surface area (Å²) in [5.74, 6) is 1.35. The molecule has 3 heteroatoms. The Morgan fingerprint density at radius 2 is 1.77 bits per heavy atom. The monoisotopic (exact) mass is 179 g/mol. The molecule has 1 aromatic carbocycles. The molecule has 0 aromatic heterocycles. The van der Waals surface area contributed by atoms with Crippen LogP contribution in [0.2, 0.25) is 0 Å². The first-order valence-electron chi connectivity index (χ1n) is 3.96. The van der Waals surface area contributed by atoms with E-state index in [1.54, 1.807) is 33.3 Å². The van der Waals surface area contributed by atoms with Crippen molar-refractivity contribution in [2.75, 3.05) is 14.2 Å². The Labute approximate surface area is 77.8 Å². The van der Waals surface area contributed by atoms with Gasteiger partial charge in [-0.05, 0) is 30.7 Å². The van der Waals surface area contributed by atoms with Gasteiger partial charge in [0.25, 0.3) is 0 Å². The predicted molar refractivity (Wildman–Crippen MR) is 52.0 cm³/mol. The van der Waals surface area contributed by atoms with Crippen molar-refractivity contribution in [3.05, 3.63) is 23.8 Å². The molecule has 70 valence electrons. The predicted octanol–water partition coefficient (Wildman–Crippen LogP) is 2.09. The Kier molecular flexibility index (Phi) is 2.90. The third-order valence-corrected chi connectivity index (χ3v) is 1.82. The van der Waals surface area contributed by atoms with Crippen LogP contribution in [-0.4, -0.2) is 19.9 Å². The Balaban J connectivity index is 3.13. The van der Waals surface area contributed by atoms with E-state index >= 15 is 0 Å². The number of methoxy groups -OCH3 is 2. The second-order valence-electron chi connectivity index (χ2n) is 2.69. The van der Waals surface area contributed by atoms with Crippen LogP contribution >= 0.6 is 0 Å². The number of hydrogen-bond donors (Lipinski definition) is 1. The molecule has 1 N–H and O–H groups in total. The van der Waals surface area contributed by atoms with Gasteiger partial charge in [0, 0.05) is 5.71 Å². The maximum atomic E-state index is 7.44. The van der Waals surface area contributed by atoms with Gasteiger partial charge in [-0.1, -0.05) is 0 Å². The highest BCUT2D eigenvalue weighted by atomic mass is 16.5. The van der Waals surface area contributed by atoms with Crippen molar-refractivity contribution < 1.29 is 9.47 Å². The minimum absolute atomic E-state index is 0.515. The Bertz CT molecular complexity index is 321. The maximum Gasteiger partial charge on any atom is 0.161 e. The molecule has 0 atom stereocenters. The summed E-state index contributed by atoms with van der Waals surface area (Å²) in [5.41, 5.74) is 1.36. The van der Waals surface area contributed by atoms with Crippen LogP contribution in [0.25, 0.3) is 0 Å². The van der Waals surface area contributed by atoms with Crippen LogP contribution in [0, 0.1) is 5.41 Å². The number of nitrogens with one attached hydrogen (secondary N) is 1. The van der Waals surface area contributed by atoms with E-state index < -0.39 is 0 Å². The van der Waals surface area contributed by atoms with E-state index in [9.17, 15) is 0 Å². The van der Waals surface area contributed by atoms with Crippen molar-refractivity contribution in [2.24, 2.45) is 0 Å². The highest BCUT2D eigenvalue weighted by Crippen LogP contribution is 2.27. The molecule has 0 amide bonds. The molecule has 13 heavy (non-hydrogen) atoms. The van der Waals surface area contributed by atoms with Gasteiger partial charge < -0.3 is 14.9 Å². The van der Waals surface area contributed by atoms with Crippen molar-refractivity contribution in [3.63, 3.8) is 0 Å². The van der Waals surface area contributed by atoms with Gasteiger partial charge in [-0.25, -0.2) is 0 Å². The zero-order valence-electron chi connectivity index (χ0n) is 8.05. The van der Waals surface area contributed by atoms with Crippen LogP contribution in [-0.2, 0) is 0 Å². The van der Waals surface area contributed by atoms with E-state index in [2.05, 4.69) is 0 Å². The lowest BCUT2D eigenvalue weighted by atomic mass is 10.1. The summed E-state index contributed by atoms with van der Waals surface area (Å²) in [7, 11) is 3.18. The minimum atomic E-state index is 0.515. The molecule has 1 aromatic rings. The largest absolute Gasteiger partial charge is 0.493 e. The first-order chi connectivity index (χ1) is 6.19. The molecule has 0 spiro atoms. The van der Waals surface area contributed by atoms with Gasteiger partial charge in [-0.2, -0.15) is 0 Å². The smallest absolute Gasteiger partial charge is 0.161 e. The fourth-order valence-corrected chi connectivity index (χ4v) is 1.07. The molecule has 0 unspecified atom stereocenters. The number of ether oxygens (including phenoxy) is 2. The molecule has 1 rings (SSSR count). The summed E-state index contributed by atoms with van der Waals surface area (Å²) in [5, 5.41) is 7.44. The Morgan fingerprint density at radius 3 is 2.23 bits per heavy atom. The van der Waals surface area contributed by atoms with Gasteiger partial charge in [-0.15, -0.1) is 0 Å². The van der Waals surface area contributed by atoms with E-state index in [1.165, 1.54) is 0 Å². The Hall–Kier alpha value is -1.51. The van der Waals surface area contributed by atoms with E-state index in [0.29, 0.717) is 17.2 Å². The highest BCUT2D eigenvalue weighted by molar-refractivity contribution is 5.96. The molecule has 0 saturated carbocycles. The average molecular weight is 179 g/mol. The fraction of sp³-hybridized carbons (Fsp3) is 0.300. The van der Waals surface area contributed by atoms with E-state index in [4.69, 9.17) is 14.9 Å². The lowest BCUT2D eigenvalue weighted by Gasteiger charge is -2.08. The zero-order chi connectivity index (χ0) is 9.84. The summed E-state index contributed by atoms with van der Waals surface area (Å²) in [6.45, 7) is 1.74. The van der Waals surface area contributed by atoms with E-state index in [-0.39, 0.29) is 0 Å². The normalized spacial score (nSPS) is 9.46. The second-order valence-corrected chi connectivity index (χ2v) is 2.69. The first kappa shape index (κ1) is 9.58. The van der Waals surface area contributed by atoms with Crippen LogP contribution in [0.4, 0.5) is 0 Å². The van der Waals surface area contributed by atoms with Crippen molar-refractivity contribution in [1.29, 1.82) is 5.41 Å². The van der Waals surface area contributed by atoms with Crippen molar-refractivity contribution in [2.45, 2.75) is 6.92 Å². The molecule has 0 bridgehead atoms. The molecular formula is C10H13NO2. The third-order valence-electron chi connectivity index (χ3n) is 1.82. The molecule has 0 fully saturated rings. The molecule has 0 aliphatic rings. The molecule has 0 aliphatic carbocycles. The van der Waals surface area contributed by atoms with Gasteiger partial charge in [-0.3, -0.25) is 0 Å². The van der Waals surface area contributed by atoms with E-state index in [0.717, 1.165) is 5.56 Å². The molecule has 0 heterocycles. The van der Waals surface area contributed by atoms with Gasteiger partial charge in [0.2, 0.25) is 0 Å².